The number of hydrogen-bond acceptors (Lipinski definition) is 5. The van der Waals surface area contributed by atoms with Gasteiger partial charge in [0, 0.05) is 49.6 Å². The molecule has 0 amide bonds. The molecule has 3 heterocycles. The van der Waals surface area contributed by atoms with Crippen molar-refractivity contribution in [3.05, 3.63) is 151 Å². The molecule has 5 aliphatic rings. The Balaban J connectivity index is 0.989. The molecular weight excluding hydrogens is 663 g/mol. The number of rotatable bonds is 4. The van der Waals surface area contributed by atoms with Crippen LogP contribution in [0.25, 0.3) is 67.2 Å². The van der Waals surface area contributed by atoms with Crippen molar-refractivity contribution in [3.63, 3.8) is 0 Å². The molecule has 5 nitrogen and oxygen atoms in total. The van der Waals surface area contributed by atoms with Crippen LogP contribution in [0.15, 0.2) is 144 Å². The van der Waals surface area contributed by atoms with E-state index in [4.69, 9.17) is 24.1 Å². The van der Waals surface area contributed by atoms with Gasteiger partial charge in [-0.25, -0.2) is 15.0 Å². The minimum Gasteiger partial charge on any atom is -0.457 e. The van der Waals surface area contributed by atoms with E-state index in [1.807, 2.05) is 30.3 Å². The van der Waals surface area contributed by atoms with Crippen LogP contribution in [0.4, 0.5) is 0 Å². The largest absolute Gasteiger partial charge is 0.457 e. The first kappa shape index (κ1) is 30.4. The summed E-state index contributed by atoms with van der Waals surface area (Å²) < 4.78 is 13.1. The predicted octanol–water partition coefficient (Wildman–Crippen LogP) is 12.3. The number of para-hydroxylation sites is 3. The van der Waals surface area contributed by atoms with Gasteiger partial charge in [0.1, 0.15) is 22.7 Å². The number of fused-ring (bicyclic) bond motifs is 5. The topological polar surface area (TPSA) is 61.0 Å². The molecule has 8 aromatic rings. The average molecular weight is 700 g/mol. The van der Waals surface area contributed by atoms with E-state index in [0.29, 0.717) is 29.3 Å². The number of nitrogens with zero attached hydrogens (tertiary/aromatic N) is 3. The Morgan fingerprint density at radius 2 is 1.06 bits per heavy atom. The third kappa shape index (κ3) is 4.41. The Kier molecular flexibility index (Phi) is 6.45. The van der Waals surface area contributed by atoms with E-state index in [-0.39, 0.29) is 5.41 Å². The van der Waals surface area contributed by atoms with Crippen molar-refractivity contribution < 1.29 is 9.15 Å². The second kappa shape index (κ2) is 11.5. The Labute approximate surface area is 313 Å². The number of aromatic nitrogens is 3. The molecule has 54 heavy (non-hydrogen) atoms. The second-order valence-electron chi connectivity index (χ2n) is 16.0. The molecule has 4 fully saturated rings. The van der Waals surface area contributed by atoms with Crippen LogP contribution in [0.5, 0.6) is 11.5 Å². The summed E-state index contributed by atoms with van der Waals surface area (Å²) in [5, 5.41) is 2.25. The van der Waals surface area contributed by atoms with Crippen LogP contribution < -0.4 is 4.74 Å². The van der Waals surface area contributed by atoms with E-state index in [1.165, 1.54) is 43.2 Å². The molecule has 4 bridgehead atoms. The molecule has 0 N–H and O–H groups in total. The zero-order chi connectivity index (χ0) is 35.4. The van der Waals surface area contributed by atoms with Gasteiger partial charge in [0.2, 0.25) is 0 Å². The van der Waals surface area contributed by atoms with Crippen LogP contribution >= 0.6 is 0 Å². The van der Waals surface area contributed by atoms with Crippen LogP contribution in [0.3, 0.4) is 0 Å². The first-order valence-corrected chi connectivity index (χ1v) is 19.4. The summed E-state index contributed by atoms with van der Waals surface area (Å²) in [5.74, 6) is 6.95. The molecule has 0 saturated heterocycles. The molecular formula is C49H37N3O2. The van der Waals surface area contributed by atoms with Gasteiger partial charge in [-0.1, -0.05) is 109 Å². The molecule has 6 aromatic carbocycles. The van der Waals surface area contributed by atoms with E-state index >= 15 is 0 Å². The van der Waals surface area contributed by atoms with Crippen LogP contribution in [0.2, 0.25) is 0 Å². The van der Waals surface area contributed by atoms with E-state index in [1.54, 1.807) is 0 Å². The zero-order valence-corrected chi connectivity index (χ0v) is 29.8. The monoisotopic (exact) mass is 699 g/mol. The predicted molar refractivity (Wildman–Crippen MR) is 213 cm³/mol. The van der Waals surface area contributed by atoms with Gasteiger partial charge in [-0.05, 0) is 91.7 Å². The standard InChI is InChI=1S/C49H37N3O2/c1-2-9-32(10-3-1)46-50-47(33-19-17-31(18-20-33)37-12-8-13-39-38-11-4-6-15-42(38)54-45(37)39)52-48(51-46)34-21-22-44-41(28-34)49(40-14-5-7-16-43(40)53-44)35-24-29-23-30(26-35)27-36(49)25-29/h1-22,28-30,35-36H,23-27H2. The fourth-order valence-electron chi connectivity index (χ4n) is 11.2. The number of ether oxygens (including phenoxy) is 1. The Hall–Kier alpha value is -6.07. The van der Waals surface area contributed by atoms with Gasteiger partial charge >= 0.3 is 0 Å². The number of furan rings is 1. The first-order chi connectivity index (χ1) is 26.7. The maximum absolute atomic E-state index is 6.72. The number of benzene rings is 6. The summed E-state index contributed by atoms with van der Waals surface area (Å²) in [4.78, 5) is 15.5. The normalized spacial score (nSPS) is 23.4. The smallest absolute Gasteiger partial charge is 0.164 e. The average Bonchev–Trinajstić information content (AvgIpc) is 3.61. The van der Waals surface area contributed by atoms with Gasteiger partial charge in [0.15, 0.2) is 17.5 Å². The lowest BCUT2D eigenvalue weighted by atomic mass is 9.42. The fraction of sp³-hybridized carbons (Fsp3) is 0.204. The molecule has 0 atom stereocenters. The quantitative estimate of drug-likeness (QED) is 0.183. The van der Waals surface area contributed by atoms with Crippen LogP contribution in [-0.2, 0) is 5.41 Å². The Morgan fingerprint density at radius 1 is 0.463 bits per heavy atom. The highest BCUT2D eigenvalue weighted by Crippen LogP contribution is 2.69. The van der Waals surface area contributed by atoms with E-state index in [0.717, 1.165) is 73.1 Å². The third-order valence-corrected chi connectivity index (χ3v) is 13.2. The van der Waals surface area contributed by atoms with Gasteiger partial charge < -0.3 is 9.15 Å². The van der Waals surface area contributed by atoms with Gasteiger partial charge in [-0.15, -0.1) is 0 Å². The highest BCUT2D eigenvalue weighted by atomic mass is 16.5. The summed E-state index contributed by atoms with van der Waals surface area (Å²) >= 11 is 0. The molecule has 1 aliphatic heterocycles. The number of hydrogen-bond donors (Lipinski definition) is 0. The maximum Gasteiger partial charge on any atom is 0.164 e. The van der Waals surface area contributed by atoms with Crippen molar-refractivity contribution in [2.24, 2.45) is 23.7 Å². The van der Waals surface area contributed by atoms with Crippen LogP contribution in [0.1, 0.15) is 43.2 Å². The Morgan fingerprint density at radius 3 is 1.83 bits per heavy atom. The van der Waals surface area contributed by atoms with Crippen LogP contribution in [0, 0.1) is 23.7 Å². The molecule has 2 aromatic heterocycles. The van der Waals surface area contributed by atoms with Gasteiger partial charge in [-0.2, -0.15) is 0 Å². The summed E-state index contributed by atoms with van der Waals surface area (Å²) in [6.45, 7) is 0. The minimum absolute atomic E-state index is 0.0513. The molecule has 13 rings (SSSR count). The van der Waals surface area contributed by atoms with E-state index in [2.05, 4.69) is 109 Å². The Bertz CT molecular complexity index is 2740. The van der Waals surface area contributed by atoms with Crippen molar-refractivity contribution in [2.75, 3.05) is 0 Å². The zero-order valence-electron chi connectivity index (χ0n) is 29.8. The highest BCUT2D eigenvalue weighted by molar-refractivity contribution is 6.09. The molecule has 260 valence electrons. The molecule has 0 radical (unpaired) electrons. The second-order valence-corrected chi connectivity index (χ2v) is 16.0. The molecule has 1 spiro atoms. The SMILES string of the molecule is c1ccc(-c2nc(-c3ccc(-c4cccc5c4oc4ccccc45)cc3)nc(-c3ccc4c(c3)C3(c5ccccc5O4)C4CC5CC(C4)CC3C5)n2)cc1. The third-order valence-electron chi connectivity index (χ3n) is 13.2. The van der Waals surface area contributed by atoms with Crippen molar-refractivity contribution in [1.29, 1.82) is 0 Å². The molecule has 0 unspecified atom stereocenters. The van der Waals surface area contributed by atoms with Crippen molar-refractivity contribution in [2.45, 2.75) is 37.5 Å². The lowest BCUT2D eigenvalue weighted by molar-refractivity contribution is -0.0452. The lowest BCUT2D eigenvalue weighted by Gasteiger charge is -2.63. The molecule has 5 heteroatoms. The maximum atomic E-state index is 6.72. The van der Waals surface area contributed by atoms with E-state index < -0.39 is 0 Å². The van der Waals surface area contributed by atoms with Gasteiger partial charge in [-0.3, -0.25) is 0 Å². The summed E-state index contributed by atoms with van der Waals surface area (Å²) in [6.07, 6.45) is 6.64. The molecule has 4 aliphatic carbocycles. The minimum atomic E-state index is -0.0513. The van der Waals surface area contributed by atoms with Crippen molar-refractivity contribution in [1.82, 2.24) is 15.0 Å². The van der Waals surface area contributed by atoms with Crippen LogP contribution in [-0.4, -0.2) is 15.0 Å². The van der Waals surface area contributed by atoms with Gasteiger partial charge in [0.25, 0.3) is 0 Å². The fourth-order valence-corrected chi connectivity index (χ4v) is 11.2. The summed E-state index contributed by atoms with van der Waals surface area (Å²) in [5.41, 5.74) is 9.48. The summed E-state index contributed by atoms with van der Waals surface area (Å²) in [7, 11) is 0. The highest BCUT2D eigenvalue weighted by Gasteiger charge is 2.61. The van der Waals surface area contributed by atoms with Crippen molar-refractivity contribution >= 4 is 21.9 Å². The van der Waals surface area contributed by atoms with E-state index in [9.17, 15) is 0 Å². The van der Waals surface area contributed by atoms with Crippen molar-refractivity contribution in [3.8, 4) is 56.8 Å². The summed E-state index contributed by atoms with van der Waals surface area (Å²) in [6, 6.07) is 48.9. The molecule has 4 saturated carbocycles. The lowest BCUT2D eigenvalue weighted by Crippen LogP contribution is -2.56. The first-order valence-electron chi connectivity index (χ1n) is 19.4. The van der Waals surface area contributed by atoms with Gasteiger partial charge in [0.05, 0.1) is 0 Å².